The largest absolute Gasteiger partial charge is 0.466 e. The molecule has 0 amide bonds. The van der Waals surface area contributed by atoms with E-state index in [-0.39, 0.29) is 17.8 Å². The lowest BCUT2D eigenvalue weighted by molar-refractivity contribution is -0.144. The maximum Gasteiger partial charge on any atom is 0.309 e. The molecular weight excluding hydrogens is 280 g/mol. The zero-order valence-electron chi connectivity index (χ0n) is 13.3. The van der Waals surface area contributed by atoms with Crippen LogP contribution in [0.1, 0.15) is 42.3 Å². The van der Waals surface area contributed by atoms with E-state index in [0.29, 0.717) is 6.61 Å². The molecule has 2 heterocycles. The van der Waals surface area contributed by atoms with Crippen molar-refractivity contribution in [2.45, 2.75) is 40.0 Å². The third-order valence-corrected chi connectivity index (χ3v) is 3.84. The zero-order valence-corrected chi connectivity index (χ0v) is 13.3. The van der Waals surface area contributed by atoms with Crippen LogP contribution in [0, 0.1) is 26.7 Å². The van der Waals surface area contributed by atoms with Gasteiger partial charge in [-0.1, -0.05) is 0 Å². The minimum absolute atomic E-state index is 0.0549. The molecule has 1 saturated carbocycles. The summed E-state index contributed by atoms with van der Waals surface area (Å²) in [6.45, 7) is 8.00. The van der Waals surface area contributed by atoms with Gasteiger partial charge in [0.1, 0.15) is 11.6 Å². The van der Waals surface area contributed by atoms with Gasteiger partial charge in [0.05, 0.1) is 18.2 Å². The van der Waals surface area contributed by atoms with Crippen molar-refractivity contribution >= 4 is 5.97 Å². The molecular formula is C16H20N4O2. The van der Waals surface area contributed by atoms with E-state index in [4.69, 9.17) is 4.74 Å². The van der Waals surface area contributed by atoms with Gasteiger partial charge in [-0.25, -0.2) is 9.67 Å². The number of esters is 1. The highest BCUT2D eigenvalue weighted by molar-refractivity contribution is 5.77. The highest BCUT2D eigenvalue weighted by atomic mass is 16.5. The van der Waals surface area contributed by atoms with E-state index < -0.39 is 0 Å². The lowest BCUT2D eigenvalue weighted by Crippen LogP contribution is -2.08. The first-order chi connectivity index (χ1) is 10.5. The normalized spacial score (nSPS) is 20.0. The number of aromatic nitrogens is 4. The van der Waals surface area contributed by atoms with E-state index in [2.05, 4.69) is 15.1 Å². The molecule has 0 spiro atoms. The monoisotopic (exact) mass is 300 g/mol. The van der Waals surface area contributed by atoms with Crippen LogP contribution >= 0.6 is 0 Å². The highest BCUT2D eigenvalue weighted by Crippen LogP contribution is 2.47. The van der Waals surface area contributed by atoms with Crippen LogP contribution in [-0.2, 0) is 9.53 Å². The van der Waals surface area contributed by atoms with Gasteiger partial charge in [0.2, 0.25) is 0 Å². The minimum Gasteiger partial charge on any atom is -0.466 e. The Morgan fingerprint density at radius 2 is 2.09 bits per heavy atom. The zero-order chi connectivity index (χ0) is 15.9. The quantitative estimate of drug-likeness (QED) is 0.810. The van der Waals surface area contributed by atoms with E-state index >= 15 is 0 Å². The van der Waals surface area contributed by atoms with Gasteiger partial charge in [-0.3, -0.25) is 9.78 Å². The van der Waals surface area contributed by atoms with Gasteiger partial charge in [-0.2, -0.15) is 5.10 Å². The van der Waals surface area contributed by atoms with Gasteiger partial charge in [-0.05, 0) is 46.2 Å². The average molecular weight is 300 g/mol. The lowest BCUT2D eigenvalue weighted by atomic mass is 10.2. The Morgan fingerprint density at radius 1 is 1.32 bits per heavy atom. The van der Waals surface area contributed by atoms with Crippen molar-refractivity contribution in [3.8, 4) is 5.69 Å². The Bertz CT molecular complexity index is 723. The average Bonchev–Trinajstić information content (AvgIpc) is 3.18. The van der Waals surface area contributed by atoms with Crippen LogP contribution in [0.25, 0.3) is 5.69 Å². The van der Waals surface area contributed by atoms with Gasteiger partial charge < -0.3 is 4.74 Å². The Balaban J connectivity index is 1.89. The number of pyridine rings is 1. The molecule has 0 aromatic carbocycles. The second kappa shape index (κ2) is 5.51. The van der Waals surface area contributed by atoms with Crippen molar-refractivity contribution in [2.75, 3.05) is 6.61 Å². The maximum atomic E-state index is 11.8. The summed E-state index contributed by atoms with van der Waals surface area (Å²) in [5.74, 6) is 1.56. The molecule has 2 atom stereocenters. The number of rotatable bonds is 4. The Labute approximate surface area is 129 Å². The molecule has 1 aliphatic rings. The molecule has 0 radical (unpaired) electrons. The fourth-order valence-electron chi connectivity index (χ4n) is 2.78. The second-order valence-electron chi connectivity index (χ2n) is 5.71. The lowest BCUT2D eigenvalue weighted by Gasteiger charge is -2.08. The molecule has 3 rings (SSSR count). The standard InChI is InChI=1S/C16H20N4O2/c1-5-22-16(21)14-8-13(14)15-7-12(6-9(2)17-15)20-11(4)18-10(3)19-20/h6-7,13-14H,5,8H2,1-4H3. The van der Waals surface area contributed by atoms with Crippen LogP contribution < -0.4 is 0 Å². The van der Waals surface area contributed by atoms with Crippen molar-refractivity contribution in [1.82, 2.24) is 19.7 Å². The first-order valence-electron chi connectivity index (χ1n) is 7.55. The number of aryl methyl sites for hydroxylation is 3. The number of carbonyl (C=O) groups is 1. The number of ether oxygens (including phenoxy) is 1. The summed E-state index contributed by atoms with van der Waals surface area (Å²) >= 11 is 0. The third kappa shape index (κ3) is 2.73. The molecule has 0 saturated heterocycles. The molecule has 6 nitrogen and oxygen atoms in total. The first kappa shape index (κ1) is 14.7. The summed E-state index contributed by atoms with van der Waals surface area (Å²) in [5, 5.41) is 4.41. The topological polar surface area (TPSA) is 69.9 Å². The minimum atomic E-state index is -0.120. The van der Waals surface area contributed by atoms with Crippen molar-refractivity contribution in [2.24, 2.45) is 5.92 Å². The van der Waals surface area contributed by atoms with Gasteiger partial charge in [0.15, 0.2) is 0 Å². The number of carbonyl (C=O) groups excluding carboxylic acids is 1. The van der Waals surface area contributed by atoms with Crippen LogP contribution in [0.5, 0.6) is 0 Å². The Hall–Kier alpha value is -2.24. The molecule has 2 aromatic rings. The van der Waals surface area contributed by atoms with Gasteiger partial charge in [0.25, 0.3) is 0 Å². The predicted octanol–water partition coefficient (Wildman–Crippen LogP) is 2.25. The Kier molecular flexibility index (Phi) is 3.68. The highest BCUT2D eigenvalue weighted by Gasteiger charge is 2.46. The van der Waals surface area contributed by atoms with Crippen molar-refractivity contribution in [1.29, 1.82) is 0 Å². The van der Waals surface area contributed by atoms with E-state index in [0.717, 1.165) is 35.1 Å². The summed E-state index contributed by atoms with van der Waals surface area (Å²) in [7, 11) is 0. The number of nitrogens with zero attached hydrogens (tertiary/aromatic N) is 4. The van der Waals surface area contributed by atoms with Gasteiger partial charge in [0, 0.05) is 17.3 Å². The molecule has 2 aromatic heterocycles. The van der Waals surface area contributed by atoms with Crippen LogP contribution in [0.3, 0.4) is 0 Å². The molecule has 116 valence electrons. The second-order valence-corrected chi connectivity index (χ2v) is 5.71. The van der Waals surface area contributed by atoms with Crippen LogP contribution in [0.2, 0.25) is 0 Å². The summed E-state index contributed by atoms with van der Waals surface area (Å²) in [5.41, 5.74) is 2.78. The summed E-state index contributed by atoms with van der Waals surface area (Å²) < 4.78 is 6.91. The molecule has 0 N–H and O–H groups in total. The van der Waals surface area contributed by atoms with Crippen molar-refractivity contribution in [3.05, 3.63) is 35.2 Å². The summed E-state index contributed by atoms with van der Waals surface area (Å²) in [4.78, 5) is 20.7. The van der Waals surface area contributed by atoms with Crippen LogP contribution in [-0.4, -0.2) is 32.3 Å². The smallest absolute Gasteiger partial charge is 0.309 e. The molecule has 6 heteroatoms. The maximum absolute atomic E-state index is 11.8. The fraction of sp³-hybridized carbons (Fsp3) is 0.500. The SMILES string of the molecule is CCOC(=O)C1CC1c1cc(-n2nc(C)nc2C)cc(C)n1. The van der Waals surface area contributed by atoms with Crippen LogP contribution in [0.4, 0.5) is 0 Å². The molecule has 2 unspecified atom stereocenters. The van der Waals surface area contributed by atoms with E-state index in [1.165, 1.54) is 0 Å². The predicted molar refractivity (Wildman–Crippen MR) is 80.8 cm³/mol. The third-order valence-electron chi connectivity index (χ3n) is 3.84. The molecule has 0 bridgehead atoms. The summed E-state index contributed by atoms with van der Waals surface area (Å²) in [6, 6.07) is 3.98. The molecule has 1 fully saturated rings. The Morgan fingerprint density at radius 3 is 2.73 bits per heavy atom. The fourth-order valence-corrected chi connectivity index (χ4v) is 2.78. The van der Waals surface area contributed by atoms with Crippen molar-refractivity contribution in [3.63, 3.8) is 0 Å². The van der Waals surface area contributed by atoms with Crippen LogP contribution in [0.15, 0.2) is 12.1 Å². The molecule has 1 aliphatic carbocycles. The van der Waals surface area contributed by atoms with Gasteiger partial charge in [-0.15, -0.1) is 0 Å². The van der Waals surface area contributed by atoms with Crippen molar-refractivity contribution < 1.29 is 9.53 Å². The van der Waals surface area contributed by atoms with E-state index in [9.17, 15) is 4.79 Å². The summed E-state index contributed by atoms with van der Waals surface area (Å²) in [6.07, 6.45) is 0.810. The van der Waals surface area contributed by atoms with E-state index in [1.807, 2.05) is 44.5 Å². The molecule has 0 aliphatic heterocycles. The molecule has 22 heavy (non-hydrogen) atoms. The number of hydrogen-bond donors (Lipinski definition) is 0. The number of hydrogen-bond acceptors (Lipinski definition) is 5. The van der Waals surface area contributed by atoms with E-state index in [1.54, 1.807) is 0 Å². The van der Waals surface area contributed by atoms with Gasteiger partial charge >= 0.3 is 5.97 Å². The first-order valence-corrected chi connectivity index (χ1v) is 7.55.